The third-order valence-electron chi connectivity index (χ3n) is 3.52. The van der Waals surface area contributed by atoms with E-state index in [-0.39, 0.29) is 18.2 Å². The van der Waals surface area contributed by atoms with Gasteiger partial charge in [-0.3, -0.25) is 14.0 Å². The second-order valence-electron chi connectivity index (χ2n) is 5.74. The first-order chi connectivity index (χ1) is 10.9. The van der Waals surface area contributed by atoms with Crippen LogP contribution in [0.25, 0.3) is 15.7 Å². The zero-order valence-corrected chi connectivity index (χ0v) is 14.4. The number of carbonyl (C=O) groups excluding carboxylic acids is 1. The summed E-state index contributed by atoms with van der Waals surface area (Å²) in [6.45, 7) is 7.40. The first-order valence-corrected chi connectivity index (χ1v) is 8.43. The highest BCUT2D eigenvalue weighted by Gasteiger charge is 2.17. The minimum absolute atomic E-state index is 0.168. The van der Waals surface area contributed by atoms with Crippen molar-refractivity contribution < 1.29 is 9.53 Å². The van der Waals surface area contributed by atoms with E-state index in [1.54, 1.807) is 25.2 Å². The summed E-state index contributed by atoms with van der Waals surface area (Å²) in [5.74, 6) is 0.301. The Labute approximate surface area is 137 Å². The normalized spacial score (nSPS) is 11.7. The van der Waals surface area contributed by atoms with E-state index in [1.807, 2.05) is 24.3 Å². The summed E-state index contributed by atoms with van der Waals surface area (Å²) < 4.78 is 9.26. The van der Waals surface area contributed by atoms with Crippen molar-refractivity contribution in [2.45, 2.75) is 46.8 Å². The number of aryl methyl sites for hydroxylation is 2. The maximum atomic E-state index is 12.6. The minimum Gasteiger partial charge on any atom is -0.462 e. The lowest BCUT2D eigenvalue weighted by atomic mass is 10.4. The van der Waals surface area contributed by atoms with E-state index in [0.29, 0.717) is 11.9 Å². The van der Waals surface area contributed by atoms with E-state index in [1.165, 1.54) is 9.56 Å². The molecule has 0 radical (unpaired) electrons. The molecule has 122 valence electrons. The Kier molecular flexibility index (Phi) is 3.97. The monoisotopic (exact) mass is 333 g/mol. The van der Waals surface area contributed by atoms with Crippen LogP contribution in [0.15, 0.2) is 16.9 Å². The number of ether oxygens (including phenoxy) is 1. The molecule has 0 aliphatic carbocycles. The Morgan fingerprint density at radius 1 is 1.35 bits per heavy atom. The molecule has 6 nitrogen and oxygen atoms in total. The molecule has 3 rings (SSSR count). The van der Waals surface area contributed by atoms with Gasteiger partial charge >= 0.3 is 5.97 Å². The van der Waals surface area contributed by atoms with Crippen LogP contribution >= 0.6 is 11.3 Å². The van der Waals surface area contributed by atoms with E-state index in [2.05, 4.69) is 11.2 Å². The van der Waals surface area contributed by atoms with Crippen molar-refractivity contribution in [3.05, 3.63) is 33.2 Å². The number of thiophene rings is 1. The lowest BCUT2D eigenvalue weighted by Gasteiger charge is -2.11. The molecule has 0 atom stereocenters. The van der Waals surface area contributed by atoms with Crippen LogP contribution in [-0.4, -0.2) is 26.3 Å². The molecule has 0 aliphatic rings. The van der Waals surface area contributed by atoms with E-state index in [0.717, 1.165) is 16.0 Å². The summed E-state index contributed by atoms with van der Waals surface area (Å²) in [4.78, 5) is 25.7. The first-order valence-electron chi connectivity index (χ1n) is 7.61. The van der Waals surface area contributed by atoms with Crippen LogP contribution in [0.5, 0.6) is 0 Å². The first kappa shape index (κ1) is 15.7. The number of rotatable bonds is 4. The molecule has 3 heterocycles. The van der Waals surface area contributed by atoms with Gasteiger partial charge in [0.15, 0.2) is 0 Å². The van der Waals surface area contributed by atoms with Crippen LogP contribution < -0.4 is 5.56 Å². The van der Waals surface area contributed by atoms with Gasteiger partial charge < -0.3 is 4.74 Å². The summed E-state index contributed by atoms with van der Waals surface area (Å²) in [5, 5.41) is 4.37. The summed E-state index contributed by atoms with van der Waals surface area (Å²) in [6, 6.07) is 3.94. The van der Waals surface area contributed by atoms with Crippen molar-refractivity contribution >= 4 is 33.0 Å². The topological polar surface area (TPSA) is 65.6 Å². The van der Waals surface area contributed by atoms with E-state index in [9.17, 15) is 9.59 Å². The average Bonchev–Trinajstić information content (AvgIpc) is 2.97. The van der Waals surface area contributed by atoms with Crippen LogP contribution in [0.3, 0.4) is 0 Å². The number of aromatic nitrogens is 3. The standard InChI is InChI=1S/C16H19N3O3S/c1-5-14-17-18(8-15(20)22-9(2)3)16(21)12-7-13-11(19(12)14)6-10(4)23-13/h6-7,9H,5,8H2,1-4H3. The third kappa shape index (κ3) is 2.76. The zero-order chi connectivity index (χ0) is 16.7. The van der Waals surface area contributed by atoms with Gasteiger partial charge in [-0.05, 0) is 32.9 Å². The Morgan fingerprint density at radius 2 is 2.09 bits per heavy atom. The van der Waals surface area contributed by atoms with Crippen molar-refractivity contribution in [1.29, 1.82) is 0 Å². The summed E-state index contributed by atoms with van der Waals surface area (Å²) >= 11 is 1.65. The van der Waals surface area contributed by atoms with Crippen molar-refractivity contribution in [3.8, 4) is 0 Å². The smallest absolute Gasteiger partial charge is 0.328 e. The number of carbonyl (C=O) groups is 1. The Morgan fingerprint density at radius 3 is 2.74 bits per heavy atom. The fourth-order valence-corrected chi connectivity index (χ4v) is 3.61. The van der Waals surface area contributed by atoms with Crippen molar-refractivity contribution in [1.82, 2.24) is 14.2 Å². The highest BCUT2D eigenvalue weighted by atomic mass is 32.1. The van der Waals surface area contributed by atoms with Gasteiger partial charge in [-0.15, -0.1) is 11.3 Å². The Hall–Kier alpha value is -2.15. The molecule has 0 amide bonds. The number of hydrogen-bond acceptors (Lipinski definition) is 5. The van der Waals surface area contributed by atoms with Crippen molar-refractivity contribution in [3.63, 3.8) is 0 Å². The molecule has 0 spiro atoms. The molecule has 7 heteroatoms. The highest BCUT2D eigenvalue weighted by Crippen LogP contribution is 2.28. The highest BCUT2D eigenvalue weighted by molar-refractivity contribution is 7.19. The second kappa shape index (κ2) is 5.81. The van der Waals surface area contributed by atoms with Crippen LogP contribution in [0.2, 0.25) is 0 Å². The number of nitrogens with zero attached hydrogens (tertiary/aromatic N) is 3. The fourth-order valence-electron chi connectivity index (χ4n) is 2.67. The SMILES string of the molecule is CCc1nn(CC(=O)OC(C)C)c(=O)c2cc3sc(C)cc3n12. The molecule has 23 heavy (non-hydrogen) atoms. The summed E-state index contributed by atoms with van der Waals surface area (Å²) in [7, 11) is 0. The molecular weight excluding hydrogens is 314 g/mol. The number of fused-ring (bicyclic) bond motifs is 3. The van der Waals surface area contributed by atoms with Crippen LogP contribution in [0, 0.1) is 6.92 Å². The summed E-state index contributed by atoms with van der Waals surface area (Å²) in [6.07, 6.45) is 0.448. The Balaban J connectivity index is 2.16. The minimum atomic E-state index is -0.454. The van der Waals surface area contributed by atoms with Gasteiger partial charge in [0.05, 0.1) is 16.3 Å². The lowest BCUT2D eigenvalue weighted by molar-refractivity contribution is -0.148. The van der Waals surface area contributed by atoms with Crippen LogP contribution in [0.4, 0.5) is 0 Å². The molecule has 3 aromatic heterocycles. The van der Waals surface area contributed by atoms with Gasteiger partial charge in [-0.1, -0.05) is 6.92 Å². The fraction of sp³-hybridized carbons (Fsp3) is 0.438. The van der Waals surface area contributed by atoms with Gasteiger partial charge in [0.25, 0.3) is 5.56 Å². The molecule has 0 aromatic carbocycles. The Bertz CT molecular complexity index is 949. The molecule has 0 fully saturated rings. The molecule has 0 unspecified atom stereocenters. The van der Waals surface area contributed by atoms with E-state index >= 15 is 0 Å². The number of hydrogen-bond donors (Lipinski definition) is 0. The number of esters is 1. The molecule has 0 saturated carbocycles. The molecule has 0 aliphatic heterocycles. The predicted octanol–water partition coefficient (Wildman–Crippen LogP) is 2.53. The van der Waals surface area contributed by atoms with E-state index in [4.69, 9.17) is 4.74 Å². The van der Waals surface area contributed by atoms with Crippen LogP contribution in [-0.2, 0) is 22.5 Å². The summed E-state index contributed by atoms with van der Waals surface area (Å²) in [5.41, 5.74) is 1.28. The molecule has 3 aromatic rings. The second-order valence-corrected chi connectivity index (χ2v) is 7.03. The maximum absolute atomic E-state index is 12.6. The van der Waals surface area contributed by atoms with Gasteiger partial charge in [0.1, 0.15) is 17.9 Å². The molecule has 0 bridgehead atoms. The third-order valence-corrected chi connectivity index (χ3v) is 4.51. The van der Waals surface area contributed by atoms with Gasteiger partial charge in [0.2, 0.25) is 0 Å². The van der Waals surface area contributed by atoms with Crippen LogP contribution in [0.1, 0.15) is 31.5 Å². The van der Waals surface area contributed by atoms with Crippen molar-refractivity contribution in [2.75, 3.05) is 0 Å². The molecule has 0 N–H and O–H groups in total. The van der Waals surface area contributed by atoms with Gasteiger partial charge in [0, 0.05) is 11.3 Å². The molecule has 0 saturated heterocycles. The zero-order valence-electron chi connectivity index (χ0n) is 13.6. The van der Waals surface area contributed by atoms with Gasteiger partial charge in [-0.25, -0.2) is 4.68 Å². The maximum Gasteiger partial charge on any atom is 0.328 e. The van der Waals surface area contributed by atoms with E-state index < -0.39 is 5.97 Å². The van der Waals surface area contributed by atoms with Gasteiger partial charge in [-0.2, -0.15) is 5.10 Å². The average molecular weight is 333 g/mol. The predicted molar refractivity (Wildman–Crippen MR) is 90.2 cm³/mol. The molecular formula is C16H19N3O3S. The van der Waals surface area contributed by atoms with Crippen molar-refractivity contribution in [2.24, 2.45) is 0 Å². The largest absolute Gasteiger partial charge is 0.462 e. The quantitative estimate of drug-likeness (QED) is 0.688. The lowest BCUT2D eigenvalue weighted by Crippen LogP contribution is -2.31.